The van der Waals surface area contributed by atoms with Gasteiger partial charge in [-0.1, -0.05) is 23.7 Å². The summed E-state index contributed by atoms with van der Waals surface area (Å²) in [6.45, 7) is 0.598. The number of amides is 1. The van der Waals surface area contributed by atoms with Crippen LogP contribution in [0.2, 0.25) is 5.02 Å². The molecule has 3 nitrogen and oxygen atoms in total. The topological polar surface area (TPSA) is 46.3 Å². The van der Waals surface area contributed by atoms with Gasteiger partial charge in [-0.05, 0) is 17.7 Å². The number of hydrogen-bond donors (Lipinski definition) is 1. The Morgan fingerprint density at radius 1 is 1.36 bits per heavy atom. The number of rotatable bonds is 1. The van der Waals surface area contributed by atoms with Gasteiger partial charge in [-0.2, -0.15) is 0 Å². The van der Waals surface area contributed by atoms with E-state index in [0.717, 1.165) is 5.56 Å². The van der Waals surface area contributed by atoms with E-state index in [1.807, 2.05) is 24.3 Å². The Morgan fingerprint density at radius 2 is 2.00 bits per heavy atom. The predicted molar refractivity (Wildman–Crippen MR) is 54.7 cm³/mol. The summed E-state index contributed by atoms with van der Waals surface area (Å²) in [4.78, 5) is 11.2. The quantitative estimate of drug-likeness (QED) is 0.565. The van der Waals surface area contributed by atoms with Crippen LogP contribution in [0, 0.1) is 0 Å². The first-order valence-electron chi connectivity index (χ1n) is 4.47. The minimum absolute atomic E-state index is 0.00458. The largest absolute Gasteiger partial charge is 0.280 e. The molecule has 0 radical (unpaired) electrons. The zero-order chi connectivity index (χ0) is 10.1. The second-order valence-corrected chi connectivity index (χ2v) is 3.94. The molecule has 4 heteroatoms. The van der Waals surface area contributed by atoms with E-state index >= 15 is 0 Å². The van der Waals surface area contributed by atoms with Crippen LogP contribution in [-0.4, -0.2) is 17.5 Å². The van der Waals surface area contributed by atoms with Gasteiger partial charge in [0.2, 0.25) is 5.91 Å². The monoisotopic (exact) mass is 210 g/mol. The maximum Gasteiger partial charge on any atom is 0.237 e. The molecule has 0 spiro atoms. The predicted octanol–water partition coefficient (Wildman–Crippen LogP) is 1.53. The first kappa shape index (κ1) is 9.49. The number of carbonyl (C=O) groups excluding carboxylic acids is 1. The summed E-state index contributed by atoms with van der Waals surface area (Å²) in [5.74, 6) is 5.71. The van der Waals surface area contributed by atoms with E-state index in [0.29, 0.717) is 18.0 Å². The van der Waals surface area contributed by atoms with Gasteiger partial charge >= 0.3 is 0 Å². The fourth-order valence-corrected chi connectivity index (χ4v) is 1.82. The van der Waals surface area contributed by atoms with Gasteiger partial charge in [0.25, 0.3) is 0 Å². The number of benzene rings is 1. The van der Waals surface area contributed by atoms with Crippen molar-refractivity contribution in [1.82, 2.24) is 5.01 Å². The number of hydrogen-bond acceptors (Lipinski definition) is 2. The van der Waals surface area contributed by atoms with Crippen LogP contribution in [0.5, 0.6) is 0 Å². The Morgan fingerprint density at radius 3 is 2.50 bits per heavy atom. The molecule has 1 aromatic carbocycles. The van der Waals surface area contributed by atoms with E-state index in [1.165, 1.54) is 5.01 Å². The van der Waals surface area contributed by atoms with Crippen molar-refractivity contribution in [3.63, 3.8) is 0 Å². The molecule has 1 saturated heterocycles. The second kappa shape index (κ2) is 3.59. The Balaban J connectivity index is 2.17. The highest BCUT2D eigenvalue weighted by Crippen LogP contribution is 2.27. The average molecular weight is 211 g/mol. The average Bonchev–Trinajstić information content (AvgIpc) is 2.48. The Kier molecular flexibility index (Phi) is 2.44. The number of halogens is 1. The third-order valence-corrected chi connectivity index (χ3v) is 2.75. The zero-order valence-electron chi connectivity index (χ0n) is 7.61. The maximum absolute atomic E-state index is 11.2. The van der Waals surface area contributed by atoms with Crippen molar-refractivity contribution in [2.75, 3.05) is 6.54 Å². The standard InChI is InChI=1S/C10H11ClN2O/c11-9-3-1-7(2-4-9)8-5-10(14)13(12)6-8/h1-4,8H,5-6,12H2. The third kappa shape index (κ3) is 1.74. The van der Waals surface area contributed by atoms with Gasteiger partial charge in [-0.15, -0.1) is 0 Å². The summed E-state index contributed by atoms with van der Waals surface area (Å²) in [6, 6.07) is 7.56. The third-order valence-electron chi connectivity index (χ3n) is 2.50. The van der Waals surface area contributed by atoms with Crippen LogP contribution in [0.4, 0.5) is 0 Å². The van der Waals surface area contributed by atoms with Crippen molar-refractivity contribution in [2.24, 2.45) is 5.84 Å². The zero-order valence-corrected chi connectivity index (χ0v) is 8.37. The van der Waals surface area contributed by atoms with E-state index in [4.69, 9.17) is 17.4 Å². The molecule has 1 aromatic rings. The summed E-state index contributed by atoms with van der Waals surface area (Å²) in [7, 11) is 0. The Bertz CT molecular complexity index is 350. The summed E-state index contributed by atoms with van der Waals surface area (Å²) >= 11 is 5.77. The molecule has 0 saturated carbocycles. The number of nitrogens with zero attached hydrogens (tertiary/aromatic N) is 1. The van der Waals surface area contributed by atoms with Gasteiger partial charge in [0.15, 0.2) is 0 Å². The summed E-state index contributed by atoms with van der Waals surface area (Å²) in [5.41, 5.74) is 1.12. The molecule has 1 amide bonds. The minimum Gasteiger partial charge on any atom is -0.280 e. The van der Waals surface area contributed by atoms with E-state index in [1.54, 1.807) is 0 Å². The SMILES string of the molecule is NN1CC(c2ccc(Cl)cc2)CC1=O. The van der Waals surface area contributed by atoms with E-state index < -0.39 is 0 Å². The Labute approximate surface area is 87.4 Å². The van der Waals surface area contributed by atoms with Gasteiger partial charge in [0.1, 0.15) is 0 Å². The van der Waals surface area contributed by atoms with Gasteiger partial charge in [-0.25, -0.2) is 5.84 Å². The van der Waals surface area contributed by atoms with Crippen LogP contribution in [-0.2, 0) is 4.79 Å². The minimum atomic E-state index is 0.00458. The number of hydrazine groups is 1. The lowest BCUT2D eigenvalue weighted by Crippen LogP contribution is -2.31. The molecule has 14 heavy (non-hydrogen) atoms. The summed E-state index contributed by atoms with van der Waals surface area (Å²) in [6.07, 6.45) is 0.498. The van der Waals surface area contributed by atoms with Crippen LogP contribution < -0.4 is 5.84 Å². The van der Waals surface area contributed by atoms with Crippen molar-refractivity contribution in [3.8, 4) is 0 Å². The normalized spacial score (nSPS) is 21.7. The first-order chi connectivity index (χ1) is 6.66. The molecule has 1 aliphatic rings. The van der Waals surface area contributed by atoms with Crippen LogP contribution in [0.1, 0.15) is 17.9 Å². The number of carbonyl (C=O) groups is 1. The lowest BCUT2D eigenvalue weighted by atomic mass is 9.99. The highest BCUT2D eigenvalue weighted by atomic mass is 35.5. The molecule has 1 heterocycles. The smallest absolute Gasteiger partial charge is 0.237 e. The fraction of sp³-hybridized carbons (Fsp3) is 0.300. The summed E-state index contributed by atoms with van der Waals surface area (Å²) < 4.78 is 0. The second-order valence-electron chi connectivity index (χ2n) is 3.50. The highest BCUT2D eigenvalue weighted by Gasteiger charge is 2.28. The molecule has 0 aromatic heterocycles. The van der Waals surface area contributed by atoms with E-state index in [9.17, 15) is 4.79 Å². The van der Waals surface area contributed by atoms with Crippen molar-refractivity contribution in [1.29, 1.82) is 0 Å². The Hall–Kier alpha value is -1.06. The highest BCUT2D eigenvalue weighted by molar-refractivity contribution is 6.30. The van der Waals surface area contributed by atoms with Gasteiger partial charge in [0, 0.05) is 23.9 Å². The van der Waals surface area contributed by atoms with E-state index in [2.05, 4.69) is 0 Å². The molecule has 2 rings (SSSR count). The molecule has 1 aliphatic heterocycles. The lowest BCUT2D eigenvalue weighted by molar-refractivity contribution is -0.127. The molecular formula is C10H11ClN2O. The molecule has 74 valence electrons. The van der Waals surface area contributed by atoms with Gasteiger partial charge in [0.05, 0.1) is 0 Å². The van der Waals surface area contributed by atoms with Crippen LogP contribution in [0.15, 0.2) is 24.3 Å². The molecule has 0 bridgehead atoms. The van der Waals surface area contributed by atoms with E-state index in [-0.39, 0.29) is 11.8 Å². The first-order valence-corrected chi connectivity index (χ1v) is 4.85. The van der Waals surface area contributed by atoms with Crippen LogP contribution in [0.25, 0.3) is 0 Å². The molecular weight excluding hydrogens is 200 g/mol. The van der Waals surface area contributed by atoms with Crippen molar-refractivity contribution < 1.29 is 4.79 Å². The lowest BCUT2D eigenvalue weighted by Gasteiger charge is -2.09. The van der Waals surface area contributed by atoms with Crippen LogP contribution >= 0.6 is 11.6 Å². The molecule has 2 N–H and O–H groups in total. The fourth-order valence-electron chi connectivity index (χ4n) is 1.69. The summed E-state index contributed by atoms with van der Waals surface area (Å²) in [5, 5.41) is 1.99. The van der Waals surface area contributed by atoms with Crippen LogP contribution in [0.3, 0.4) is 0 Å². The van der Waals surface area contributed by atoms with Crippen molar-refractivity contribution in [3.05, 3.63) is 34.9 Å². The molecule has 0 aliphatic carbocycles. The molecule has 1 fully saturated rings. The van der Waals surface area contributed by atoms with Crippen molar-refractivity contribution >= 4 is 17.5 Å². The maximum atomic E-state index is 11.2. The van der Waals surface area contributed by atoms with Crippen molar-refractivity contribution in [2.45, 2.75) is 12.3 Å². The number of nitrogens with two attached hydrogens (primary N) is 1. The van der Waals surface area contributed by atoms with Gasteiger partial charge in [-0.3, -0.25) is 9.80 Å². The molecule has 1 unspecified atom stereocenters. The van der Waals surface area contributed by atoms with Gasteiger partial charge < -0.3 is 0 Å². The molecule has 1 atom stereocenters.